The lowest BCUT2D eigenvalue weighted by molar-refractivity contribution is -0.137. The molecule has 0 radical (unpaired) electrons. The fourth-order valence-electron chi connectivity index (χ4n) is 0.777. The topological polar surface area (TPSA) is 66.0 Å². The normalized spacial score (nSPS) is 12.4. The van der Waals surface area contributed by atoms with Crippen molar-refractivity contribution in [1.82, 2.24) is 9.97 Å². The highest BCUT2D eigenvalue weighted by molar-refractivity contribution is 5.77. The van der Waals surface area contributed by atoms with Gasteiger partial charge in [0.15, 0.2) is 0 Å². The average molecular weight is 152 g/mol. The number of imidazole rings is 1. The second-order valence-corrected chi connectivity index (χ2v) is 2.03. The number of rotatable bonds is 3. The first kappa shape index (κ1) is 7.53. The Labute approximate surface area is 63.6 Å². The maximum atomic E-state index is 10.5. The molecule has 58 valence electrons. The van der Waals surface area contributed by atoms with Crippen molar-refractivity contribution in [3.8, 4) is 0 Å². The van der Waals surface area contributed by atoms with Crippen molar-refractivity contribution in [2.75, 3.05) is 0 Å². The maximum absolute atomic E-state index is 10.5. The number of aromatic nitrogens is 2. The standard InChI is InChI=1S/C7H8N2O2/c1-2-5(7(10)11)6-8-3-4-9-6/h2-5H,1H2,(H,8,9)(H,10,11). The highest BCUT2D eigenvalue weighted by Crippen LogP contribution is 2.10. The van der Waals surface area contributed by atoms with E-state index in [1.54, 1.807) is 6.20 Å². The molecular formula is C7H8N2O2. The zero-order valence-corrected chi connectivity index (χ0v) is 5.82. The number of hydrogen-bond donors (Lipinski definition) is 2. The monoisotopic (exact) mass is 152 g/mol. The molecule has 2 N–H and O–H groups in total. The quantitative estimate of drug-likeness (QED) is 0.628. The summed E-state index contributed by atoms with van der Waals surface area (Å²) in [6.07, 6.45) is 4.42. The smallest absolute Gasteiger partial charge is 0.318 e. The van der Waals surface area contributed by atoms with Gasteiger partial charge < -0.3 is 10.1 Å². The predicted molar refractivity (Wildman–Crippen MR) is 39.2 cm³/mol. The van der Waals surface area contributed by atoms with Gasteiger partial charge in [-0.15, -0.1) is 6.58 Å². The largest absolute Gasteiger partial charge is 0.480 e. The van der Waals surface area contributed by atoms with Crippen LogP contribution in [0.15, 0.2) is 25.0 Å². The second-order valence-electron chi connectivity index (χ2n) is 2.03. The van der Waals surface area contributed by atoms with E-state index in [0.29, 0.717) is 5.82 Å². The first-order valence-electron chi connectivity index (χ1n) is 3.10. The Balaban J connectivity index is 2.88. The third-order valence-electron chi connectivity index (χ3n) is 1.32. The van der Waals surface area contributed by atoms with E-state index >= 15 is 0 Å². The summed E-state index contributed by atoms with van der Waals surface area (Å²) >= 11 is 0. The molecule has 0 aliphatic carbocycles. The SMILES string of the molecule is C=CC(C(=O)O)c1ncc[nH]1. The van der Waals surface area contributed by atoms with Gasteiger partial charge in [-0.1, -0.05) is 6.08 Å². The van der Waals surface area contributed by atoms with E-state index in [2.05, 4.69) is 16.5 Å². The number of carboxylic acid groups (broad SMARTS) is 1. The van der Waals surface area contributed by atoms with Crippen LogP contribution in [-0.2, 0) is 4.79 Å². The summed E-state index contributed by atoms with van der Waals surface area (Å²) in [6, 6.07) is 0. The lowest BCUT2D eigenvalue weighted by atomic mass is 10.1. The Morgan fingerprint density at radius 1 is 1.91 bits per heavy atom. The minimum absolute atomic E-state index is 0.410. The van der Waals surface area contributed by atoms with E-state index in [4.69, 9.17) is 5.11 Å². The van der Waals surface area contributed by atoms with Crippen LogP contribution in [0.3, 0.4) is 0 Å². The van der Waals surface area contributed by atoms with Crippen LogP contribution in [0, 0.1) is 0 Å². The lowest BCUT2D eigenvalue weighted by Gasteiger charge is -2.00. The van der Waals surface area contributed by atoms with Crippen molar-refractivity contribution in [2.24, 2.45) is 0 Å². The molecule has 1 aromatic rings. The molecule has 0 amide bonds. The van der Waals surface area contributed by atoms with Crippen molar-refractivity contribution >= 4 is 5.97 Å². The summed E-state index contributed by atoms with van der Waals surface area (Å²) in [5, 5.41) is 8.61. The Hall–Kier alpha value is -1.58. The molecule has 0 fully saturated rings. The molecule has 1 aromatic heterocycles. The van der Waals surface area contributed by atoms with Crippen LogP contribution in [0.25, 0.3) is 0 Å². The Morgan fingerprint density at radius 3 is 3.00 bits per heavy atom. The van der Waals surface area contributed by atoms with Crippen molar-refractivity contribution in [3.63, 3.8) is 0 Å². The molecule has 1 heterocycles. The number of aliphatic carboxylic acids is 1. The fraction of sp³-hybridized carbons (Fsp3) is 0.143. The van der Waals surface area contributed by atoms with Gasteiger partial charge in [-0.05, 0) is 0 Å². The summed E-state index contributed by atoms with van der Waals surface area (Å²) in [6.45, 7) is 3.40. The molecule has 0 bridgehead atoms. The average Bonchev–Trinajstić information content (AvgIpc) is 2.40. The van der Waals surface area contributed by atoms with Gasteiger partial charge in [-0.3, -0.25) is 4.79 Å². The number of nitrogens with zero attached hydrogens (tertiary/aromatic N) is 1. The van der Waals surface area contributed by atoms with Crippen LogP contribution in [0.2, 0.25) is 0 Å². The summed E-state index contributed by atoms with van der Waals surface area (Å²) < 4.78 is 0. The van der Waals surface area contributed by atoms with Crippen molar-refractivity contribution in [2.45, 2.75) is 5.92 Å². The van der Waals surface area contributed by atoms with Crippen LogP contribution >= 0.6 is 0 Å². The third kappa shape index (κ3) is 1.46. The molecule has 1 unspecified atom stereocenters. The first-order valence-corrected chi connectivity index (χ1v) is 3.10. The Bertz CT molecular complexity index is 253. The van der Waals surface area contributed by atoms with Crippen LogP contribution in [0.5, 0.6) is 0 Å². The van der Waals surface area contributed by atoms with Gasteiger partial charge in [0.25, 0.3) is 0 Å². The lowest BCUT2D eigenvalue weighted by Crippen LogP contribution is -2.09. The second kappa shape index (κ2) is 3.01. The van der Waals surface area contributed by atoms with Crippen LogP contribution in [-0.4, -0.2) is 21.0 Å². The molecule has 11 heavy (non-hydrogen) atoms. The highest BCUT2D eigenvalue weighted by Gasteiger charge is 2.17. The summed E-state index contributed by atoms with van der Waals surface area (Å²) in [4.78, 5) is 17.0. The van der Waals surface area contributed by atoms with Crippen molar-refractivity contribution in [1.29, 1.82) is 0 Å². The van der Waals surface area contributed by atoms with Gasteiger partial charge >= 0.3 is 5.97 Å². The van der Waals surface area contributed by atoms with Gasteiger partial charge in [-0.2, -0.15) is 0 Å². The van der Waals surface area contributed by atoms with Gasteiger partial charge in [0.05, 0.1) is 0 Å². The minimum atomic E-state index is -0.949. The van der Waals surface area contributed by atoms with Gasteiger partial charge in [0.1, 0.15) is 11.7 Å². The highest BCUT2D eigenvalue weighted by atomic mass is 16.4. The summed E-state index contributed by atoms with van der Waals surface area (Å²) in [7, 11) is 0. The molecule has 0 spiro atoms. The van der Waals surface area contributed by atoms with E-state index in [-0.39, 0.29) is 0 Å². The summed E-state index contributed by atoms with van der Waals surface area (Å²) in [5.41, 5.74) is 0. The molecular weight excluding hydrogens is 144 g/mol. The fourth-order valence-corrected chi connectivity index (χ4v) is 0.777. The Morgan fingerprint density at radius 2 is 2.64 bits per heavy atom. The van der Waals surface area contributed by atoms with Crippen LogP contribution < -0.4 is 0 Å². The molecule has 0 aliphatic heterocycles. The van der Waals surface area contributed by atoms with Crippen molar-refractivity contribution < 1.29 is 9.90 Å². The Kier molecular flexibility index (Phi) is 2.06. The molecule has 1 rings (SSSR count). The predicted octanol–water partition coefficient (Wildman–Crippen LogP) is 0.764. The molecule has 0 aliphatic rings. The van der Waals surface area contributed by atoms with Crippen LogP contribution in [0.1, 0.15) is 11.7 Å². The third-order valence-corrected chi connectivity index (χ3v) is 1.32. The van der Waals surface area contributed by atoms with Gasteiger partial charge in [0, 0.05) is 12.4 Å². The van der Waals surface area contributed by atoms with E-state index in [0.717, 1.165) is 0 Å². The van der Waals surface area contributed by atoms with E-state index in [1.807, 2.05) is 0 Å². The van der Waals surface area contributed by atoms with E-state index < -0.39 is 11.9 Å². The van der Waals surface area contributed by atoms with Gasteiger partial charge in [0.2, 0.25) is 0 Å². The number of H-pyrrole nitrogens is 1. The van der Waals surface area contributed by atoms with E-state index in [9.17, 15) is 4.79 Å². The van der Waals surface area contributed by atoms with E-state index in [1.165, 1.54) is 12.3 Å². The maximum Gasteiger partial charge on any atom is 0.318 e. The number of nitrogens with one attached hydrogen (secondary N) is 1. The zero-order valence-electron chi connectivity index (χ0n) is 5.82. The summed E-state index contributed by atoms with van der Waals surface area (Å²) in [5.74, 6) is -1.27. The number of carbonyl (C=O) groups is 1. The molecule has 1 atom stereocenters. The molecule has 4 nitrogen and oxygen atoms in total. The van der Waals surface area contributed by atoms with Crippen LogP contribution in [0.4, 0.5) is 0 Å². The molecule has 0 saturated carbocycles. The molecule has 0 saturated heterocycles. The minimum Gasteiger partial charge on any atom is -0.480 e. The first-order chi connectivity index (χ1) is 5.25. The van der Waals surface area contributed by atoms with Crippen molar-refractivity contribution in [3.05, 3.63) is 30.9 Å². The van der Waals surface area contributed by atoms with Gasteiger partial charge in [-0.25, -0.2) is 4.98 Å². The number of carboxylic acids is 1. The number of aromatic amines is 1. The zero-order chi connectivity index (χ0) is 8.27. The number of hydrogen-bond acceptors (Lipinski definition) is 2. The molecule has 0 aromatic carbocycles. The molecule has 4 heteroatoms.